The quantitative estimate of drug-likeness (QED) is 0.434. The molecule has 5 rings (SSSR count). The van der Waals surface area contributed by atoms with E-state index in [1.165, 1.54) is 0 Å². The molecule has 2 aliphatic rings. The Labute approximate surface area is 228 Å². The highest BCUT2D eigenvalue weighted by molar-refractivity contribution is 6.30. The molecule has 2 fully saturated rings. The molecule has 0 bridgehead atoms. The monoisotopic (exact) mass is 533 g/mol. The number of halogens is 1. The van der Waals surface area contributed by atoms with E-state index >= 15 is 0 Å². The number of carbonyl (C=O) groups is 2. The molecule has 2 heterocycles. The zero-order valence-electron chi connectivity index (χ0n) is 21.5. The van der Waals surface area contributed by atoms with E-state index in [0.29, 0.717) is 22.0 Å². The van der Waals surface area contributed by atoms with Crippen molar-refractivity contribution in [3.05, 3.63) is 77.3 Å². The minimum Gasteiger partial charge on any atom is -0.495 e. The van der Waals surface area contributed by atoms with E-state index in [0.717, 1.165) is 69.2 Å². The zero-order valence-corrected chi connectivity index (χ0v) is 22.2. The van der Waals surface area contributed by atoms with Crippen LogP contribution in [0.4, 0.5) is 27.5 Å². The van der Waals surface area contributed by atoms with Crippen molar-refractivity contribution >= 4 is 46.3 Å². The molecule has 3 amide bonds. The number of anilines is 4. The molecule has 2 N–H and O–H groups in total. The lowest BCUT2D eigenvalue weighted by Crippen LogP contribution is -2.47. The van der Waals surface area contributed by atoms with Gasteiger partial charge in [-0.3, -0.25) is 4.79 Å². The summed E-state index contributed by atoms with van der Waals surface area (Å²) in [7, 11) is 1.69. The van der Waals surface area contributed by atoms with Crippen molar-refractivity contribution in [3.63, 3.8) is 0 Å². The molecule has 198 valence electrons. The van der Waals surface area contributed by atoms with Crippen molar-refractivity contribution in [3.8, 4) is 5.75 Å². The maximum Gasteiger partial charge on any atom is 0.323 e. The summed E-state index contributed by atoms with van der Waals surface area (Å²) in [6.07, 6.45) is 2.03. The molecule has 3 aromatic carbocycles. The van der Waals surface area contributed by atoms with Crippen molar-refractivity contribution in [2.24, 2.45) is 0 Å². The minimum atomic E-state index is -0.398. The number of nitrogens with zero attached hydrogens (tertiary/aromatic N) is 3. The fourth-order valence-corrected chi connectivity index (χ4v) is 5.28. The molecule has 2 aliphatic heterocycles. The molecule has 0 saturated carbocycles. The minimum absolute atomic E-state index is 0.00329. The van der Waals surface area contributed by atoms with Crippen LogP contribution < -0.4 is 25.2 Å². The number of rotatable bonds is 6. The highest BCUT2D eigenvalue weighted by Gasteiger charge is 2.27. The summed E-state index contributed by atoms with van der Waals surface area (Å²) in [6, 6.07) is 20.2. The van der Waals surface area contributed by atoms with Crippen LogP contribution in [-0.4, -0.2) is 63.2 Å². The van der Waals surface area contributed by atoms with Gasteiger partial charge in [0.2, 0.25) is 0 Å². The summed E-state index contributed by atoms with van der Waals surface area (Å²) in [6.45, 7) is 4.65. The van der Waals surface area contributed by atoms with Crippen molar-refractivity contribution in [2.45, 2.75) is 12.8 Å². The molecule has 8 nitrogen and oxygen atoms in total. The van der Waals surface area contributed by atoms with Crippen LogP contribution >= 0.6 is 11.6 Å². The van der Waals surface area contributed by atoms with Gasteiger partial charge in [0, 0.05) is 61.4 Å². The number of ether oxygens (including phenoxy) is 1. The van der Waals surface area contributed by atoms with Gasteiger partial charge in [-0.15, -0.1) is 0 Å². The number of hydrogen-bond donors (Lipinski definition) is 2. The lowest BCUT2D eigenvalue weighted by atomic mass is 10.1. The second-order valence-corrected chi connectivity index (χ2v) is 9.90. The van der Waals surface area contributed by atoms with Crippen molar-refractivity contribution < 1.29 is 14.3 Å². The van der Waals surface area contributed by atoms with Crippen LogP contribution in [0.3, 0.4) is 0 Å². The maximum absolute atomic E-state index is 13.6. The lowest BCUT2D eigenvalue weighted by molar-refractivity contribution is 0.0793. The molecule has 0 unspecified atom stereocenters. The van der Waals surface area contributed by atoms with Gasteiger partial charge in [0.15, 0.2) is 0 Å². The summed E-state index contributed by atoms with van der Waals surface area (Å²) in [5.74, 6) is 0.862. The molecular formula is C29H32ClN5O3. The molecule has 0 spiro atoms. The number of urea groups is 1. The van der Waals surface area contributed by atoms with Gasteiger partial charge in [0.1, 0.15) is 5.75 Å². The SMILES string of the molecule is COc1ccccc1N1CCN(c2ccc(NC(=O)Nc3cccc(Cl)c3)cc2C(=O)N2CCCC2)CC1. The third-order valence-electron chi connectivity index (χ3n) is 7.01. The van der Waals surface area contributed by atoms with Crippen LogP contribution in [-0.2, 0) is 0 Å². The Kier molecular flexibility index (Phi) is 7.89. The number of methoxy groups -OCH3 is 1. The number of carbonyl (C=O) groups excluding carboxylic acids is 2. The van der Waals surface area contributed by atoms with E-state index in [1.54, 1.807) is 37.4 Å². The Hall–Kier alpha value is -3.91. The molecule has 0 radical (unpaired) electrons. The van der Waals surface area contributed by atoms with Crippen molar-refractivity contribution in [1.82, 2.24) is 4.90 Å². The summed E-state index contributed by atoms with van der Waals surface area (Å²) in [5, 5.41) is 6.19. The van der Waals surface area contributed by atoms with Crippen LogP contribution in [0.2, 0.25) is 5.02 Å². The number of piperazine rings is 1. The Morgan fingerprint density at radius 2 is 1.42 bits per heavy atom. The Morgan fingerprint density at radius 1 is 0.763 bits per heavy atom. The van der Waals surface area contributed by atoms with Crippen LogP contribution in [0.5, 0.6) is 5.75 Å². The smallest absolute Gasteiger partial charge is 0.323 e. The first-order valence-corrected chi connectivity index (χ1v) is 13.3. The number of benzene rings is 3. The second-order valence-electron chi connectivity index (χ2n) is 9.47. The normalized spacial score (nSPS) is 15.4. The number of nitrogens with one attached hydrogen (secondary N) is 2. The standard InChI is InChI=1S/C29H32ClN5O3/c1-38-27-10-3-2-9-26(27)34-17-15-33(16-18-34)25-12-11-23(20-24(25)28(36)35-13-4-5-14-35)32-29(37)31-22-8-6-7-21(30)19-22/h2-3,6-12,19-20H,4-5,13-18H2,1H3,(H2,31,32,37). The third-order valence-corrected chi connectivity index (χ3v) is 7.24. The van der Waals surface area contributed by atoms with Gasteiger partial charge in [0.25, 0.3) is 5.91 Å². The van der Waals surface area contributed by atoms with Gasteiger partial charge in [-0.25, -0.2) is 4.79 Å². The fraction of sp³-hybridized carbons (Fsp3) is 0.310. The topological polar surface area (TPSA) is 77.1 Å². The van der Waals surface area contributed by atoms with Crippen LogP contribution in [0.25, 0.3) is 0 Å². The summed E-state index contributed by atoms with van der Waals surface area (Å²) >= 11 is 6.03. The van der Waals surface area contributed by atoms with Gasteiger partial charge in [-0.05, 0) is 61.4 Å². The Morgan fingerprint density at radius 3 is 2.11 bits per heavy atom. The number of hydrogen-bond acceptors (Lipinski definition) is 5. The number of likely N-dealkylation sites (tertiary alicyclic amines) is 1. The van der Waals surface area contributed by atoms with Gasteiger partial charge < -0.3 is 30.1 Å². The van der Waals surface area contributed by atoms with E-state index in [2.05, 4.69) is 26.5 Å². The van der Waals surface area contributed by atoms with E-state index in [-0.39, 0.29) is 5.91 Å². The highest BCUT2D eigenvalue weighted by Crippen LogP contribution is 2.32. The first-order chi connectivity index (χ1) is 18.5. The lowest BCUT2D eigenvalue weighted by Gasteiger charge is -2.38. The van der Waals surface area contributed by atoms with Crippen molar-refractivity contribution in [1.29, 1.82) is 0 Å². The molecule has 0 aromatic heterocycles. The first-order valence-electron chi connectivity index (χ1n) is 12.9. The van der Waals surface area contributed by atoms with E-state index in [9.17, 15) is 9.59 Å². The average molecular weight is 534 g/mol. The van der Waals surface area contributed by atoms with Gasteiger partial charge in [-0.1, -0.05) is 29.8 Å². The van der Waals surface area contributed by atoms with Crippen LogP contribution in [0.15, 0.2) is 66.7 Å². The largest absolute Gasteiger partial charge is 0.495 e. The molecule has 0 atom stereocenters. The number of amides is 3. The van der Waals surface area contributed by atoms with E-state index in [4.69, 9.17) is 16.3 Å². The highest BCUT2D eigenvalue weighted by atomic mass is 35.5. The predicted octanol–water partition coefficient (Wildman–Crippen LogP) is 5.56. The molecule has 3 aromatic rings. The van der Waals surface area contributed by atoms with Gasteiger partial charge in [-0.2, -0.15) is 0 Å². The molecular weight excluding hydrogens is 502 g/mol. The van der Waals surface area contributed by atoms with Gasteiger partial charge >= 0.3 is 6.03 Å². The van der Waals surface area contributed by atoms with Crippen molar-refractivity contribution in [2.75, 3.05) is 66.8 Å². The number of para-hydroxylation sites is 2. The molecule has 9 heteroatoms. The summed E-state index contributed by atoms with van der Waals surface area (Å²) in [4.78, 5) is 32.7. The zero-order chi connectivity index (χ0) is 26.5. The molecule has 0 aliphatic carbocycles. The Balaban J connectivity index is 1.34. The molecule has 2 saturated heterocycles. The Bertz CT molecular complexity index is 1300. The molecule has 38 heavy (non-hydrogen) atoms. The second kappa shape index (κ2) is 11.6. The van der Waals surface area contributed by atoms with Crippen LogP contribution in [0.1, 0.15) is 23.2 Å². The van der Waals surface area contributed by atoms with Crippen LogP contribution in [0, 0.1) is 0 Å². The summed E-state index contributed by atoms with van der Waals surface area (Å²) < 4.78 is 5.55. The summed E-state index contributed by atoms with van der Waals surface area (Å²) in [5.41, 5.74) is 3.73. The first kappa shape index (κ1) is 25.7. The third kappa shape index (κ3) is 5.81. The average Bonchev–Trinajstić information content (AvgIpc) is 3.48. The maximum atomic E-state index is 13.6. The van der Waals surface area contributed by atoms with E-state index in [1.807, 2.05) is 35.2 Å². The predicted molar refractivity (Wildman–Crippen MR) is 153 cm³/mol. The van der Waals surface area contributed by atoms with Gasteiger partial charge in [0.05, 0.1) is 18.4 Å². The fourth-order valence-electron chi connectivity index (χ4n) is 5.09. The van der Waals surface area contributed by atoms with E-state index < -0.39 is 6.03 Å².